The van der Waals surface area contributed by atoms with E-state index in [4.69, 9.17) is 5.73 Å². The maximum atomic E-state index is 5.86. The van der Waals surface area contributed by atoms with Gasteiger partial charge in [0.15, 0.2) is 0 Å². The molecule has 1 aliphatic rings. The number of anilines is 1. The number of hydrogen-bond acceptors (Lipinski definition) is 4. The van der Waals surface area contributed by atoms with E-state index < -0.39 is 0 Å². The van der Waals surface area contributed by atoms with Gasteiger partial charge in [0.1, 0.15) is 5.82 Å². The summed E-state index contributed by atoms with van der Waals surface area (Å²) in [6, 6.07) is 3.82. The van der Waals surface area contributed by atoms with E-state index in [0.717, 1.165) is 18.9 Å². The minimum Gasteiger partial charge on any atom is -0.368 e. The molecule has 1 fully saturated rings. The maximum Gasteiger partial charge on any atom is 0.148 e. The molecule has 1 aromatic rings. The summed E-state index contributed by atoms with van der Waals surface area (Å²) in [4.78, 5) is 0. The minimum absolute atomic E-state index is 0.289. The molecular formula is C11H18N4. The van der Waals surface area contributed by atoms with Gasteiger partial charge in [-0.1, -0.05) is 12.8 Å². The van der Waals surface area contributed by atoms with Gasteiger partial charge in [0, 0.05) is 12.7 Å². The molecule has 1 aromatic heterocycles. The molecule has 0 bridgehead atoms. The zero-order chi connectivity index (χ0) is 10.6. The average Bonchev–Trinajstić information content (AvgIpc) is 2.77. The van der Waals surface area contributed by atoms with Gasteiger partial charge in [0.2, 0.25) is 0 Å². The molecule has 0 saturated heterocycles. The summed E-state index contributed by atoms with van der Waals surface area (Å²) in [7, 11) is 0. The zero-order valence-corrected chi connectivity index (χ0v) is 8.95. The van der Waals surface area contributed by atoms with Crippen molar-refractivity contribution < 1.29 is 0 Å². The summed E-state index contributed by atoms with van der Waals surface area (Å²) < 4.78 is 0. The van der Waals surface area contributed by atoms with Crippen LogP contribution in [0.4, 0.5) is 5.82 Å². The number of hydrogen-bond donors (Lipinski definition) is 2. The van der Waals surface area contributed by atoms with Crippen LogP contribution in [0.15, 0.2) is 18.3 Å². The van der Waals surface area contributed by atoms with Gasteiger partial charge >= 0.3 is 0 Å². The number of aromatic nitrogens is 2. The fourth-order valence-corrected chi connectivity index (χ4v) is 2.25. The van der Waals surface area contributed by atoms with E-state index in [1.807, 2.05) is 12.1 Å². The van der Waals surface area contributed by atoms with Crippen LogP contribution in [0.25, 0.3) is 0 Å². The molecule has 1 aliphatic carbocycles. The van der Waals surface area contributed by atoms with Crippen LogP contribution < -0.4 is 11.1 Å². The highest BCUT2D eigenvalue weighted by Gasteiger charge is 2.32. The Kier molecular flexibility index (Phi) is 3.16. The van der Waals surface area contributed by atoms with E-state index in [1.165, 1.54) is 25.7 Å². The first-order valence-corrected chi connectivity index (χ1v) is 5.56. The first-order valence-electron chi connectivity index (χ1n) is 5.56. The first kappa shape index (κ1) is 10.4. The summed E-state index contributed by atoms with van der Waals surface area (Å²) >= 11 is 0. The van der Waals surface area contributed by atoms with Gasteiger partial charge < -0.3 is 11.1 Å². The molecule has 1 heterocycles. The smallest absolute Gasteiger partial charge is 0.148 e. The largest absolute Gasteiger partial charge is 0.368 e. The Morgan fingerprint density at radius 1 is 1.40 bits per heavy atom. The monoisotopic (exact) mass is 206 g/mol. The highest BCUT2D eigenvalue weighted by atomic mass is 15.2. The molecule has 15 heavy (non-hydrogen) atoms. The lowest BCUT2D eigenvalue weighted by atomic mass is 9.86. The SMILES string of the molecule is NCC1(CNc2cccnn2)CCCC1. The van der Waals surface area contributed by atoms with Gasteiger partial charge in [-0.15, -0.1) is 5.10 Å². The van der Waals surface area contributed by atoms with Crippen LogP contribution in [0, 0.1) is 5.41 Å². The first-order chi connectivity index (χ1) is 7.35. The fraction of sp³-hybridized carbons (Fsp3) is 0.636. The third kappa shape index (κ3) is 2.45. The molecule has 0 atom stereocenters. The normalized spacial score (nSPS) is 19.0. The molecule has 0 spiro atoms. The molecule has 0 aromatic carbocycles. The van der Waals surface area contributed by atoms with Crippen molar-refractivity contribution in [1.29, 1.82) is 0 Å². The molecular weight excluding hydrogens is 188 g/mol. The van der Waals surface area contributed by atoms with Crippen molar-refractivity contribution >= 4 is 5.82 Å². The lowest BCUT2D eigenvalue weighted by molar-refractivity contribution is 0.331. The summed E-state index contributed by atoms with van der Waals surface area (Å²) in [6.45, 7) is 1.68. The van der Waals surface area contributed by atoms with Gasteiger partial charge in [0.05, 0.1) is 0 Å². The molecule has 0 unspecified atom stereocenters. The second kappa shape index (κ2) is 4.57. The van der Waals surface area contributed by atoms with Crippen LogP contribution in [0.2, 0.25) is 0 Å². The van der Waals surface area contributed by atoms with Gasteiger partial charge in [0.25, 0.3) is 0 Å². The van der Waals surface area contributed by atoms with Gasteiger partial charge in [-0.2, -0.15) is 5.10 Å². The van der Waals surface area contributed by atoms with Crippen LogP contribution in [0.1, 0.15) is 25.7 Å². The number of rotatable bonds is 4. The lowest BCUT2D eigenvalue weighted by Crippen LogP contribution is -2.34. The van der Waals surface area contributed by atoms with Gasteiger partial charge in [-0.3, -0.25) is 0 Å². The Hall–Kier alpha value is -1.16. The Morgan fingerprint density at radius 3 is 2.80 bits per heavy atom. The van der Waals surface area contributed by atoms with Crippen molar-refractivity contribution in [1.82, 2.24) is 10.2 Å². The summed E-state index contributed by atoms with van der Waals surface area (Å²) in [6.07, 6.45) is 6.76. The molecule has 0 aliphatic heterocycles. The topological polar surface area (TPSA) is 63.8 Å². The van der Waals surface area contributed by atoms with Crippen LogP contribution in [0.3, 0.4) is 0 Å². The van der Waals surface area contributed by atoms with E-state index in [1.54, 1.807) is 6.20 Å². The maximum absolute atomic E-state index is 5.86. The predicted octanol–water partition coefficient (Wildman–Crippen LogP) is 1.41. The standard InChI is InChI=1S/C11H18N4/c12-8-11(5-1-2-6-11)9-13-10-4-3-7-14-15-10/h3-4,7H,1-2,5-6,8-9,12H2,(H,13,15). The third-order valence-electron chi connectivity index (χ3n) is 3.31. The van der Waals surface area contributed by atoms with Crippen molar-refractivity contribution in [2.45, 2.75) is 25.7 Å². The summed E-state index contributed by atoms with van der Waals surface area (Å²) in [5.74, 6) is 0.845. The molecule has 2 rings (SSSR count). The van der Waals surface area contributed by atoms with Crippen LogP contribution in [-0.4, -0.2) is 23.3 Å². The average molecular weight is 206 g/mol. The van der Waals surface area contributed by atoms with Crippen LogP contribution in [-0.2, 0) is 0 Å². The highest BCUT2D eigenvalue weighted by Crippen LogP contribution is 2.36. The second-order valence-corrected chi connectivity index (χ2v) is 4.37. The fourth-order valence-electron chi connectivity index (χ4n) is 2.25. The highest BCUT2D eigenvalue weighted by molar-refractivity contribution is 5.31. The van der Waals surface area contributed by atoms with E-state index in [0.29, 0.717) is 0 Å². The molecule has 0 radical (unpaired) electrons. The zero-order valence-electron chi connectivity index (χ0n) is 8.95. The van der Waals surface area contributed by atoms with Gasteiger partial charge in [-0.25, -0.2) is 0 Å². The predicted molar refractivity (Wildman–Crippen MR) is 60.5 cm³/mol. The van der Waals surface area contributed by atoms with Crippen molar-refractivity contribution in [2.75, 3.05) is 18.4 Å². The van der Waals surface area contributed by atoms with E-state index in [9.17, 15) is 0 Å². The minimum atomic E-state index is 0.289. The molecule has 4 heteroatoms. The van der Waals surface area contributed by atoms with Crippen molar-refractivity contribution in [3.8, 4) is 0 Å². The number of nitrogens with one attached hydrogen (secondary N) is 1. The van der Waals surface area contributed by atoms with Crippen molar-refractivity contribution in [2.24, 2.45) is 11.1 Å². The quantitative estimate of drug-likeness (QED) is 0.781. The Bertz CT molecular complexity index is 293. The van der Waals surface area contributed by atoms with E-state index in [2.05, 4.69) is 15.5 Å². The molecule has 4 nitrogen and oxygen atoms in total. The van der Waals surface area contributed by atoms with Crippen LogP contribution in [0.5, 0.6) is 0 Å². The van der Waals surface area contributed by atoms with Gasteiger partial charge in [-0.05, 0) is 36.9 Å². The molecule has 1 saturated carbocycles. The number of nitrogens with zero attached hydrogens (tertiary/aromatic N) is 2. The Morgan fingerprint density at radius 2 is 2.20 bits per heavy atom. The summed E-state index contributed by atoms with van der Waals surface area (Å²) in [5.41, 5.74) is 6.15. The molecule has 82 valence electrons. The Labute approximate surface area is 90.3 Å². The third-order valence-corrected chi connectivity index (χ3v) is 3.31. The van der Waals surface area contributed by atoms with E-state index >= 15 is 0 Å². The lowest BCUT2D eigenvalue weighted by Gasteiger charge is -2.27. The summed E-state index contributed by atoms with van der Waals surface area (Å²) in [5, 5.41) is 11.2. The second-order valence-electron chi connectivity index (χ2n) is 4.37. The van der Waals surface area contributed by atoms with E-state index in [-0.39, 0.29) is 5.41 Å². The van der Waals surface area contributed by atoms with Crippen molar-refractivity contribution in [3.05, 3.63) is 18.3 Å². The Balaban J connectivity index is 1.92. The number of nitrogens with two attached hydrogens (primary N) is 1. The molecule has 3 N–H and O–H groups in total. The van der Waals surface area contributed by atoms with Crippen molar-refractivity contribution in [3.63, 3.8) is 0 Å². The molecule has 0 amide bonds. The van der Waals surface area contributed by atoms with Crippen LogP contribution >= 0.6 is 0 Å².